The number of unbranched alkanes of at least 4 members (excludes halogenated alkanes) is 4. The molecule has 0 bridgehead atoms. The van der Waals surface area contributed by atoms with Gasteiger partial charge in [0.05, 0.1) is 23.0 Å². The van der Waals surface area contributed by atoms with Crippen molar-refractivity contribution in [2.45, 2.75) is 127 Å². The Hall–Kier alpha value is -6.58. The van der Waals surface area contributed by atoms with E-state index in [2.05, 4.69) is 16.0 Å². The van der Waals surface area contributed by atoms with Gasteiger partial charge in [0.15, 0.2) is 0 Å². The Balaban J connectivity index is 0.889. The summed E-state index contributed by atoms with van der Waals surface area (Å²) in [6.45, 7) is 2.50. The molecule has 3 fully saturated rings. The normalized spacial score (nSPS) is 20.4. The Kier molecular flexibility index (Phi) is 15.5. The van der Waals surface area contributed by atoms with Crippen LogP contribution in [0.1, 0.15) is 119 Å². The van der Waals surface area contributed by atoms with E-state index >= 15 is 0 Å². The van der Waals surface area contributed by atoms with Crippen molar-refractivity contribution < 1.29 is 33.6 Å². The first-order valence-corrected chi connectivity index (χ1v) is 23.4. The minimum absolute atomic E-state index is 0.00823. The lowest BCUT2D eigenvalue weighted by Crippen LogP contribution is -2.57. The third-order valence-electron chi connectivity index (χ3n) is 13.5. The Morgan fingerprint density at radius 1 is 0.788 bits per heavy atom. The molecule has 5 atom stereocenters. The molecule has 3 aliphatic heterocycles. The zero-order chi connectivity index (χ0) is 46.9. The standard InChI is InChI=1S/C50H62N8O8/c1-32-31-56(43(61)22-13-5-3-4-8-19-35-20-14-21-38-45(35)55(2)50(66)58(38)40-26-28-42(60)53-48(40)64)30-29-36-23-25-39(57(36)49(32)65)47(63)52-37(24-27-41(51)59)46(62)54-44(33-15-9-6-10-16-33)34-17-11-7-12-18-34/h6-7,9-12,14-18,20-21,32,36-37,39-40,44H,3-5,8,13,19,22-31H2,1-2H3,(H2,51,59)(H,52,63)(H,54,62)(H,53,60,64)/t32-,36+,37-,39-,40?/m0/s1. The Labute approximate surface area is 384 Å². The molecule has 1 aromatic heterocycles. The van der Waals surface area contributed by atoms with Crippen LogP contribution < -0.4 is 27.4 Å². The quantitative estimate of drug-likeness (QED) is 0.0842. The van der Waals surface area contributed by atoms with Crippen LogP contribution in [0, 0.1) is 5.92 Å². The van der Waals surface area contributed by atoms with Gasteiger partial charge in [-0.3, -0.25) is 48.0 Å². The second-order valence-electron chi connectivity index (χ2n) is 18.1. The summed E-state index contributed by atoms with van der Waals surface area (Å²) in [5.74, 6) is -3.05. The number of amides is 7. The maximum atomic E-state index is 14.0. The van der Waals surface area contributed by atoms with Gasteiger partial charge in [-0.1, -0.05) is 99.0 Å². The van der Waals surface area contributed by atoms with E-state index in [-0.39, 0.29) is 61.7 Å². The molecule has 3 saturated heterocycles. The van der Waals surface area contributed by atoms with Crippen LogP contribution in [0.2, 0.25) is 0 Å². The number of carbonyl (C=O) groups excluding carboxylic acids is 7. The first kappa shape index (κ1) is 47.4. The van der Waals surface area contributed by atoms with E-state index in [0.717, 1.165) is 60.7 Å². The summed E-state index contributed by atoms with van der Waals surface area (Å²) >= 11 is 0. The van der Waals surface area contributed by atoms with Gasteiger partial charge in [0.2, 0.25) is 41.4 Å². The number of aromatic nitrogens is 2. The number of primary amides is 1. The molecule has 7 amide bonds. The zero-order valence-corrected chi connectivity index (χ0v) is 37.9. The van der Waals surface area contributed by atoms with Gasteiger partial charge in [-0.2, -0.15) is 0 Å². The number of imidazole rings is 1. The van der Waals surface area contributed by atoms with E-state index in [1.807, 2.05) is 78.9 Å². The SMILES string of the molecule is C[C@H]1CN(C(=O)CCCCCCCc2cccc3c2n(C)c(=O)n3C2CCC(=O)NC2=O)CC[C@H]2CC[C@@H](C(=O)N[C@@H](CCC(N)=O)C(=O)NC(c3ccccc3)c3ccccc3)N2C1=O. The monoisotopic (exact) mass is 902 g/mol. The zero-order valence-electron chi connectivity index (χ0n) is 37.9. The number of piperidine rings is 1. The van der Waals surface area contributed by atoms with Crippen LogP contribution in [0.5, 0.6) is 0 Å². The minimum atomic E-state index is -1.08. The lowest BCUT2D eigenvalue weighted by Gasteiger charge is -2.38. The second kappa shape index (κ2) is 21.6. The molecule has 0 spiro atoms. The molecule has 4 heterocycles. The van der Waals surface area contributed by atoms with Crippen molar-refractivity contribution in [1.29, 1.82) is 0 Å². The van der Waals surface area contributed by atoms with Gasteiger partial charge in [0, 0.05) is 45.4 Å². The Bertz CT molecular complexity index is 2450. The van der Waals surface area contributed by atoms with Crippen LogP contribution in [-0.2, 0) is 47.0 Å². The topological polar surface area (TPSA) is 215 Å². The van der Waals surface area contributed by atoms with Crippen LogP contribution in [0.15, 0.2) is 83.7 Å². The number of nitrogens with two attached hydrogens (primary N) is 1. The summed E-state index contributed by atoms with van der Waals surface area (Å²) in [4.78, 5) is 109. The van der Waals surface area contributed by atoms with Crippen molar-refractivity contribution >= 4 is 52.4 Å². The number of hydrogen-bond donors (Lipinski definition) is 4. The van der Waals surface area contributed by atoms with Crippen molar-refractivity contribution in [2.75, 3.05) is 13.1 Å². The number of fused-ring (bicyclic) bond motifs is 2. The average molecular weight is 903 g/mol. The fraction of sp³-hybridized carbons (Fsp3) is 0.480. The number of aryl methyl sites for hydroxylation is 2. The first-order valence-electron chi connectivity index (χ1n) is 23.4. The van der Waals surface area contributed by atoms with Gasteiger partial charge in [-0.25, -0.2) is 4.79 Å². The molecule has 0 saturated carbocycles. The molecule has 16 heteroatoms. The first-order chi connectivity index (χ1) is 31.8. The highest BCUT2D eigenvalue weighted by Crippen LogP contribution is 2.32. The molecule has 7 rings (SSSR count). The van der Waals surface area contributed by atoms with Crippen LogP contribution in [0.4, 0.5) is 0 Å². The molecule has 0 radical (unpaired) electrons. The minimum Gasteiger partial charge on any atom is -0.370 e. The van der Waals surface area contributed by atoms with Crippen molar-refractivity contribution in [3.63, 3.8) is 0 Å². The number of benzene rings is 3. The summed E-state index contributed by atoms with van der Waals surface area (Å²) < 4.78 is 3.09. The molecule has 5 N–H and O–H groups in total. The molecule has 350 valence electrons. The summed E-state index contributed by atoms with van der Waals surface area (Å²) in [6.07, 6.45) is 7.33. The van der Waals surface area contributed by atoms with E-state index in [1.54, 1.807) is 28.3 Å². The van der Waals surface area contributed by atoms with Gasteiger partial charge in [-0.15, -0.1) is 0 Å². The number of rotatable bonds is 18. The summed E-state index contributed by atoms with van der Waals surface area (Å²) in [5.41, 5.74) is 9.39. The van der Waals surface area contributed by atoms with Gasteiger partial charge >= 0.3 is 5.69 Å². The molecular weight excluding hydrogens is 841 g/mol. The number of hydrogen-bond acceptors (Lipinski definition) is 8. The summed E-state index contributed by atoms with van der Waals surface area (Å²) in [7, 11) is 1.71. The van der Waals surface area contributed by atoms with Gasteiger partial charge in [0.1, 0.15) is 18.1 Å². The van der Waals surface area contributed by atoms with E-state index < -0.39 is 53.7 Å². The number of imide groups is 1. The highest BCUT2D eigenvalue weighted by Gasteiger charge is 2.44. The smallest absolute Gasteiger partial charge is 0.329 e. The largest absolute Gasteiger partial charge is 0.370 e. The fourth-order valence-corrected chi connectivity index (χ4v) is 9.99. The molecule has 3 aromatic carbocycles. The van der Waals surface area contributed by atoms with Crippen molar-refractivity contribution in [1.82, 2.24) is 34.9 Å². The van der Waals surface area contributed by atoms with Gasteiger partial charge < -0.3 is 26.2 Å². The van der Waals surface area contributed by atoms with E-state index in [0.29, 0.717) is 37.7 Å². The third kappa shape index (κ3) is 10.9. The average Bonchev–Trinajstić information content (AvgIpc) is 3.85. The number of nitrogens with one attached hydrogen (secondary N) is 3. The maximum Gasteiger partial charge on any atom is 0.329 e. The van der Waals surface area contributed by atoms with Crippen LogP contribution in [-0.4, -0.2) is 91.5 Å². The van der Waals surface area contributed by atoms with Crippen LogP contribution in [0.3, 0.4) is 0 Å². The lowest BCUT2D eigenvalue weighted by atomic mass is 9.98. The highest BCUT2D eigenvalue weighted by atomic mass is 16.2. The molecule has 66 heavy (non-hydrogen) atoms. The molecule has 0 aliphatic carbocycles. The summed E-state index contributed by atoms with van der Waals surface area (Å²) in [5, 5.41) is 8.31. The predicted octanol–water partition coefficient (Wildman–Crippen LogP) is 4.08. The Morgan fingerprint density at radius 3 is 2.15 bits per heavy atom. The van der Waals surface area contributed by atoms with Crippen molar-refractivity contribution in [3.05, 3.63) is 106 Å². The van der Waals surface area contributed by atoms with E-state index in [1.165, 1.54) is 4.57 Å². The lowest BCUT2D eigenvalue weighted by molar-refractivity contribution is -0.147. The van der Waals surface area contributed by atoms with Crippen LogP contribution in [0.25, 0.3) is 11.0 Å². The van der Waals surface area contributed by atoms with E-state index in [9.17, 15) is 38.4 Å². The van der Waals surface area contributed by atoms with Crippen molar-refractivity contribution in [2.24, 2.45) is 18.7 Å². The number of carbonyl (C=O) groups is 7. The predicted molar refractivity (Wildman–Crippen MR) is 247 cm³/mol. The summed E-state index contributed by atoms with van der Waals surface area (Å²) in [6, 6.07) is 21.3. The third-order valence-corrected chi connectivity index (χ3v) is 13.5. The number of nitrogens with zero attached hydrogens (tertiary/aromatic N) is 4. The molecule has 3 aliphatic rings. The highest BCUT2D eigenvalue weighted by molar-refractivity contribution is 6.00. The molecule has 4 aromatic rings. The van der Waals surface area contributed by atoms with Gasteiger partial charge in [0.25, 0.3) is 0 Å². The fourth-order valence-electron chi connectivity index (χ4n) is 9.99. The van der Waals surface area contributed by atoms with E-state index in [4.69, 9.17) is 5.73 Å². The number of para-hydroxylation sites is 1. The van der Waals surface area contributed by atoms with Gasteiger partial charge in [-0.05, 0) is 74.1 Å². The van der Waals surface area contributed by atoms with Crippen LogP contribution >= 0.6 is 0 Å². The Morgan fingerprint density at radius 2 is 1.47 bits per heavy atom. The molecular formula is C50H62N8O8. The van der Waals surface area contributed by atoms with Crippen molar-refractivity contribution in [3.8, 4) is 0 Å². The molecule has 16 nitrogen and oxygen atoms in total. The maximum absolute atomic E-state index is 14.0. The molecule has 1 unspecified atom stereocenters. The second-order valence-corrected chi connectivity index (χ2v) is 18.1.